The molecule has 114 valence electrons. The van der Waals surface area contributed by atoms with Gasteiger partial charge in [-0.1, -0.05) is 0 Å². The molecule has 2 aliphatic rings. The first-order valence-electron chi connectivity index (χ1n) is 6.64. The van der Waals surface area contributed by atoms with Gasteiger partial charge in [-0.3, -0.25) is 9.69 Å². The highest BCUT2D eigenvalue weighted by Gasteiger charge is 2.52. The minimum absolute atomic E-state index is 0.129. The molecule has 1 amide bonds. The van der Waals surface area contributed by atoms with Gasteiger partial charge in [-0.25, -0.2) is 4.79 Å². The van der Waals surface area contributed by atoms with E-state index in [9.17, 15) is 9.59 Å². The van der Waals surface area contributed by atoms with Crippen molar-refractivity contribution in [2.75, 3.05) is 26.4 Å². The Hall–Kier alpha value is -1.34. The summed E-state index contributed by atoms with van der Waals surface area (Å²) in [7, 11) is 0. The first-order valence-corrected chi connectivity index (χ1v) is 6.64. The largest absolute Gasteiger partial charge is 0.481 e. The lowest BCUT2D eigenvalue weighted by Crippen LogP contribution is -2.71. The number of hydrogen-bond donors (Lipinski definition) is 1. The molecular weight excluding hydrogens is 266 g/mol. The minimum Gasteiger partial charge on any atom is -0.481 e. The molecule has 2 fully saturated rings. The second-order valence-corrected chi connectivity index (χ2v) is 6.34. The van der Waals surface area contributed by atoms with Crippen LogP contribution < -0.4 is 0 Å². The highest BCUT2D eigenvalue weighted by atomic mass is 16.6. The number of carbonyl (C=O) groups is 2. The monoisotopic (exact) mass is 287 g/mol. The summed E-state index contributed by atoms with van der Waals surface area (Å²) in [5.74, 6) is -0.944. The number of hydrogen-bond acceptors (Lipinski definition) is 5. The minimum atomic E-state index is -0.944. The Morgan fingerprint density at radius 2 is 2.00 bits per heavy atom. The third-order valence-electron chi connectivity index (χ3n) is 3.30. The topological polar surface area (TPSA) is 85.3 Å². The van der Waals surface area contributed by atoms with Crippen LogP contribution in [-0.4, -0.2) is 65.7 Å². The highest BCUT2D eigenvalue weighted by Crippen LogP contribution is 2.32. The first-order chi connectivity index (χ1) is 9.22. The smallest absolute Gasteiger partial charge is 0.411 e. The van der Waals surface area contributed by atoms with E-state index in [0.29, 0.717) is 13.2 Å². The summed E-state index contributed by atoms with van der Waals surface area (Å²) >= 11 is 0. The van der Waals surface area contributed by atoms with Gasteiger partial charge in [0.1, 0.15) is 11.1 Å². The van der Waals surface area contributed by atoms with E-state index in [1.54, 1.807) is 25.7 Å². The van der Waals surface area contributed by atoms with Gasteiger partial charge in [0.15, 0.2) is 0 Å². The third kappa shape index (κ3) is 3.21. The summed E-state index contributed by atoms with van der Waals surface area (Å²) in [4.78, 5) is 24.6. The number of carboxylic acids is 1. The van der Waals surface area contributed by atoms with Gasteiger partial charge in [0.25, 0.3) is 0 Å². The van der Waals surface area contributed by atoms with E-state index in [1.165, 1.54) is 0 Å². The van der Waals surface area contributed by atoms with Crippen molar-refractivity contribution in [3.8, 4) is 0 Å². The molecule has 7 heteroatoms. The van der Waals surface area contributed by atoms with Gasteiger partial charge in [0.05, 0.1) is 38.9 Å². The van der Waals surface area contributed by atoms with E-state index in [-0.39, 0.29) is 19.6 Å². The van der Waals surface area contributed by atoms with E-state index in [4.69, 9.17) is 19.3 Å². The van der Waals surface area contributed by atoms with Crippen LogP contribution in [0, 0.1) is 0 Å². The van der Waals surface area contributed by atoms with Crippen molar-refractivity contribution in [3.05, 3.63) is 0 Å². The molecule has 0 radical (unpaired) electrons. The SMILES string of the molecule is CC(C)(C)OC(=O)N1CC(CC(=O)O)OCC12COC2. The van der Waals surface area contributed by atoms with Crippen molar-refractivity contribution in [2.45, 2.75) is 44.4 Å². The normalized spacial score (nSPS) is 25.1. The Labute approximate surface area is 117 Å². The van der Waals surface area contributed by atoms with Gasteiger partial charge < -0.3 is 19.3 Å². The molecule has 20 heavy (non-hydrogen) atoms. The maximum atomic E-state index is 12.3. The number of amides is 1. The van der Waals surface area contributed by atoms with Crippen LogP contribution in [0.4, 0.5) is 4.79 Å². The fourth-order valence-electron chi connectivity index (χ4n) is 2.28. The predicted octanol–water partition coefficient (Wildman–Crippen LogP) is 0.866. The molecule has 1 N–H and O–H groups in total. The lowest BCUT2D eigenvalue weighted by molar-refractivity contribution is -0.208. The van der Waals surface area contributed by atoms with Crippen molar-refractivity contribution >= 4 is 12.1 Å². The highest BCUT2D eigenvalue weighted by molar-refractivity contribution is 5.71. The van der Waals surface area contributed by atoms with Gasteiger partial charge in [0, 0.05) is 0 Å². The summed E-state index contributed by atoms with van der Waals surface area (Å²) in [5.41, 5.74) is -1.10. The summed E-state index contributed by atoms with van der Waals surface area (Å²) in [6, 6.07) is 0. The van der Waals surface area contributed by atoms with Gasteiger partial charge >= 0.3 is 12.1 Å². The molecule has 0 saturated carbocycles. The molecule has 1 spiro atoms. The lowest BCUT2D eigenvalue weighted by atomic mass is 9.93. The molecule has 0 aromatic carbocycles. The number of morpholine rings is 1. The number of carboxylic acid groups (broad SMARTS) is 1. The second kappa shape index (κ2) is 5.21. The van der Waals surface area contributed by atoms with Crippen molar-refractivity contribution in [2.24, 2.45) is 0 Å². The van der Waals surface area contributed by atoms with E-state index in [2.05, 4.69) is 0 Å². The molecule has 1 unspecified atom stereocenters. The molecule has 2 saturated heterocycles. The van der Waals surface area contributed by atoms with E-state index >= 15 is 0 Å². The molecule has 1 atom stereocenters. The maximum Gasteiger partial charge on any atom is 0.411 e. The lowest BCUT2D eigenvalue weighted by Gasteiger charge is -2.53. The number of nitrogens with zero attached hydrogens (tertiary/aromatic N) is 1. The Kier molecular flexibility index (Phi) is 3.93. The Morgan fingerprint density at radius 1 is 1.35 bits per heavy atom. The van der Waals surface area contributed by atoms with E-state index in [0.717, 1.165) is 0 Å². The quantitative estimate of drug-likeness (QED) is 0.811. The fraction of sp³-hybridized carbons (Fsp3) is 0.846. The van der Waals surface area contributed by atoms with Gasteiger partial charge in [0.2, 0.25) is 0 Å². The molecule has 2 rings (SSSR count). The molecule has 0 aromatic heterocycles. The van der Waals surface area contributed by atoms with Crippen LogP contribution in [-0.2, 0) is 19.0 Å². The Morgan fingerprint density at radius 3 is 2.45 bits per heavy atom. The predicted molar refractivity (Wildman–Crippen MR) is 68.5 cm³/mol. The van der Waals surface area contributed by atoms with Crippen LogP contribution >= 0.6 is 0 Å². The van der Waals surface area contributed by atoms with Crippen molar-refractivity contribution in [1.29, 1.82) is 0 Å². The summed E-state index contributed by atoms with van der Waals surface area (Å²) in [5, 5.41) is 8.84. The average molecular weight is 287 g/mol. The summed E-state index contributed by atoms with van der Waals surface area (Å²) in [6.45, 7) is 6.67. The van der Waals surface area contributed by atoms with E-state index in [1.807, 2.05) is 0 Å². The van der Waals surface area contributed by atoms with Gasteiger partial charge in [-0.05, 0) is 20.8 Å². The molecule has 0 bridgehead atoms. The van der Waals surface area contributed by atoms with Crippen LogP contribution in [0.15, 0.2) is 0 Å². The zero-order valence-electron chi connectivity index (χ0n) is 12.0. The standard InChI is InChI=1S/C13H21NO6/c1-12(2,3)20-11(17)14-5-9(4-10(15)16)19-8-13(14)6-18-7-13/h9H,4-8H2,1-3H3,(H,15,16). The van der Waals surface area contributed by atoms with E-state index < -0.39 is 29.3 Å². The second-order valence-electron chi connectivity index (χ2n) is 6.34. The van der Waals surface area contributed by atoms with Gasteiger partial charge in [-0.2, -0.15) is 0 Å². The fourth-order valence-corrected chi connectivity index (χ4v) is 2.28. The van der Waals surface area contributed by atoms with Crippen LogP contribution in [0.3, 0.4) is 0 Å². The summed E-state index contributed by atoms with van der Waals surface area (Å²) in [6.07, 6.45) is -1.08. The molecule has 0 aromatic rings. The van der Waals surface area contributed by atoms with Crippen LogP contribution in [0.1, 0.15) is 27.2 Å². The van der Waals surface area contributed by atoms with Crippen molar-refractivity contribution in [1.82, 2.24) is 4.90 Å². The zero-order chi connectivity index (χ0) is 15.0. The number of rotatable bonds is 2. The Bertz CT molecular complexity index is 398. The average Bonchev–Trinajstić information content (AvgIpc) is 2.23. The zero-order valence-corrected chi connectivity index (χ0v) is 12.0. The maximum absolute atomic E-state index is 12.3. The van der Waals surface area contributed by atoms with Crippen molar-refractivity contribution < 1.29 is 28.9 Å². The first kappa shape index (κ1) is 15.1. The Balaban J connectivity index is 2.07. The third-order valence-corrected chi connectivity index (χ3v) is 3.30. The van der Waals surface area contributed by atoms with Crippen LogP contribution in [0.2, 0.25) is 0 Å². The molecule has 2 heterocycles. The molecule has 0 aliphatic carbocycles. The number of ether oxygens (including phenoxy) is 3. The van der Waals surface area contributed by atoms with Crippen molar-refractivity contribution in [3.63, 3.8) is 0 Å². The molecular formula is C13H21NO6. The summed E-state index contributed by atoms with van der Waals surface area (Å²) < 4.78 is 16.1. The molecule has 7 nitrogen and oxygen atoms in total. The van der Waals surface area contributed by atoms with Crippen LogP contribution in [0.5, 0.6) is 0 Å². The number of aliphatic carboxylic acids is 1. The number of carbonyl (C=O) groups excluding carboxylic acids is 1. The van der Waals surface area contributed by atoms with Crippen LogP contribution in [0.25, 0.3) is 0 Å². The molecule has 2 aliphatic heterocycles. The van der Waals surface area contributed by atoms with Gasteiger partial charge in [-0.15, -0.1) is 0 Å².